The van der Waals surface area contributed by atoms with Crippen molar-refractivity contribution in [3.05, 3.63) is 90.0 Å². The highest BCUT2D eigenvalue weighted by Crippen LogP contribution is 2.43. The number of nitrogens with one attached hydrogen (secondary N) is 1. The zero-order chi connectivity index (χ0) is 21.4. The molecular weight excluding hydrogens is 364 g/mol. The SMILES string of the molecule is CCCCCCC(c1[nH]cc[n+]1C(C)C)C(C)(Cc1ccccc1)c1ccccc1. The van der Waals surface area contributed by atoms with Crippen LogP contribution in [0.4, 0.5) is 0 Å². The van der Waals surface area contributed by atoms with E-state index in [9.17, 15) is 0 Å². The molecule has 0 aliphatic heterocycles. The van der Waals surface area contributed by atoms with E-state index in [4.69, 9.17) is 0 Å². The fourth-order valence-corrected chi connectivity index (χ4v) is 4.89. The van der Waals surface area contributed by atoms with Gasteiger partial charge in [0.25, 0.3) is 5.82 Å². The van der Waals surface area contributed by atoms with Gasteiger partial charge in [-0.2, -0.15) is 0 Å². The van der Waals surface area contributed by atoms with Crippen LogP contribution in [0.5, 0.6) is 0 Å². The van der Waals surface area contributed by atoms with Crippen molar-refractivity contribution < 1.29 is 4.57 Å². The number of nitrogens with zero attached hydrogens (tertiary/aromatic N) is 1. The van der Waals surface area contributed by atoms with Crippen LogP contribution in [0.2, 0.25) is 0 Å². The second kappa shape index (κ2) is 10.6. The first-order valence-corrected chi connectivity index (χ1v) is 11.7. The van der Waals surface area contributed by atoms with Crippen LogP contribution >= 0.6 is 0 Å². The van der Waals surface area contributed by atoms with Gasteiger partial charge in [-0.1, -0.05) is 100 Å². The molecule has 0 aliphatic carbocycles. The highest BCUT2D eigenvalue weighted by Gasteiger charge is 2.42. The molecule has 2 nitrogen and oxygen atoms in total. The maximum absolute atomic E-state index is 3.65. The van der Waals surface area contributed by atoms with Gasteiger partial charge in [-0.3, -0.25) is 0 Å². The minimum atomic E-state index is 0.0102. The molecule has 0 radical (unpaired) electrons. The number of hydrogen-bond acceptors (Lipinski definition) is 0. The topological polar surface area (TPSA) is 19.7 Å². The molecule has 0 amide bonds. The van der Waals surface area contributed by atoms with Gasteiger partial charge in [0.1, 0.15) is 12.4 Å². The maximum atomic E-state index is 3.65. The summed E-state index contributed by atoms with van der Waals surface area (Å²) in [5.41, 5.74) is 2.85. The van der Waals surface area contributed by atoms with Crippen molar-refractivity contribution in [2.75, 3.05) is 0 Å². The molecule has 1 heterocycles. The first kappa shape index (κ1) is 22.3. The minimum Gasteiger partial charge on any atom is -0.247 e. The molecule has 0 saturated heterocycles. The first-order valence-electron chi connectivity index (χ1n) is 11.7. The summed E-state index contributed by atoms with van der Waals surface area (Å²) in [6, 6.07) is 22.6. The lowest BCUT2D eigenvalue weighted by Gasteiger charge is -2.37. The number of aromatic amines is 1. The molecule has 2 heteroatoms. The fraction of sp³-hybridized carbons (Fsp3) is 0.464. The Balaban J connectivity index is 2.06. The van der Waals surface area contributed by atoms with Crippen LogP contribution in [-0.2, 0) is 11.8 Å². The second-order valence-corrected chi connectivity index (χ2v) is 9.19. The first-order chi connectivity index (χ1) is 14.6. The Morgan fingerprint density at radius 1 is 0.900 bits per heavy atom. The zero-order valence-corrected chi connectivity index (χ0v) is 19.3. The second-order valence-electron chi connectivity index (χ2n) is 9.19. The fourth-order valence-electron chi connectivity index (χ4n) is 4.89. The Bertz CT molecular complexity index is 866. The van der Waals surface area contributed by atoms with Crippen LogP contribution in [0.1, 0.15) is 88.7 Å². The van der Waals surface area contributed by atoms with Gasteiger partial charge in [0.15, 0.2) is 0 Å². The van der Waals surface area contributed by atoms with Crippen molar-refractivity contribution in [2.45, 2.75) is 83.6 Å². The van der Waals surface area contributed by atoms with E-state index in [1.165, 1.54) is 49.1 Å². The third-order valence-electron chi connectivity index (χ3n) is 6.59. The average molecular weight is 404 g/mol. The molecule has 2 unspecified atom stereocenters. The third kappa shape index (κ3) is 5.22. The van der Waals surface area contributed by atoms with Gasteiger partial charge >= 0.3 is 0 Å². The molecule has 30 heavy (non-hydrogen) atoms. The Hall–Kier alpha value is -2.35. The molecule has 2 atom stereocenters. The number of benzene rings is 2. The summed E-state index contributed by atoms with van der Waals surface area (Å²) in [5, 5.41) is 0. The predicted octanol–water partition coefficient (Wildman–Crippen LogP) is 7.14. The van der Waals surface area contributed by atoms with E-state index >= 15 is 0 Å². The number of imidazole rings is 1. The third-order valence-corrected chi connectivity index (χ3v) is 6.59. The van der Waals surface area contributed by atoms with E-state index in [1.807, 2.05) is 0 Å². The van der Waals surface area contributed by atoms with Gasteiger partial charge in [-0.25, -0.2) is 9.55 Å². The van der Waals surface area contributed by atoms with Gasteiger partial charge in [0.05, 0.1) is 12.0 Å². The van der Waals surface area contributed by atoms with Crippen LogP contribution in [0.15, 0.2) is 73.1 Å². The lowest BCUT2D eigenvalue weighted by molar-refractivity contribution is -0.723. The Kier molecular flexibility index (Phi) is 7.90. The highest BCUT2D eigenvalue weighted by molar-refractivity contribution is 5.32. The molecule has 0 spiro atoms. The maximum Gasteiger partial charge on any atom is 0.258 e. The molecule has 1 aromatic heterocycles. The zero-order valence-electron chi connectivity index (χ0n) is 19.3. The van der Waals surface area contributed by atoms with Gasteiger partial charge in [0.2, 0.25) is 0 Å². The Labute approximate surface area is 183 Å². The van der Waals surface area contributed by atoms with Crippen LogP contribution in [0.3, 0.4) is 0 Å². The van der Waals surface area contributed by atoms with Crippen LogP contribution in [0.25, 0.3) is 0 Å². The monoisotopic (exact) mass is 403 g/mol. The summed E-state index contributed by atoms with van der Waals surface area (Å²) in [4.78, 5) is 3.65. The van der Waals surface area contributed by atoms with Crippen molar-refractivity contribution in [2.24, 2.45) is 0 Å². The van der Waals surface area contributed by atoms with Gasteiger partial charge in [0, 0.05) is 5.41 Å². The van der Waals surface area contributed by atoms with Gasteiger partial charge in [-0.15, -0.1) is 0 Å². The predicted molar refractivity (Wildman–Crippen MR) is 127 cm³/mol. The van der Waals surface area contributed by atoms with Crippen molar-refractivity contribution in [3.63, 3.8) is 0 Å². The molecular formula is C28H39N2+. The van der Waals surface area contributed by atoms with E-state index in [0.717, 1.165) is 6.42 Å². The number of aromatic nitrogens is 2. The molecule has 2 aromatic carbocycles. The highest BCUT2D eigenvalue weighted by atomic mass is 15.1. The van der Waals surface area contributed by atoms with Crippen molar-refractivity contribution in [1.29, 1.82) is 0 Å². The van der Waals surface area contributed by atoms with E-state index in [-0.39, 0.29) is 5.41 Å². The molecule has 0 bridgehead atoms. The molecule has 3 rings (SSSR count). The Morgan fingerprint density at radius 3 is 2.20 bits per heavy atom. The quantitative estimate of drug-likeness (QED) is 0.259. The van der Waals surface area contributed by atoms with Crippen LogP contribution in [-0.4, -0.2) is 4.98 Å². The van der Waals surface area contributed by atoms with Crippen molar-refractivity contribution in [3.8, 4) is 0 Å². The summed E-state index contributed by atoms with van der Waals surface area (Å²) in [7, 11) is 0. The Morgan fingerprint density at radius 2 is 1.57 bits per heavy atom. The molecule has 3 aromatic rings. The number of H-pyrrole nitrogens is 1. The normalized spacial score (nSPS) is 14.6. The average Bonchev–Trinajstić information content (AvgIpc) is 3.25. The lowest BCUT2D eigenvalue weighted by atomic mass is 9.66. The molecule has 0 fully saturated rings. The number of unbranched alkanes of at least 4 members (excludes halogenated alkanes) is 3. The summed E-state index contributed by atoms with van der Waals surface area (Å²) in [6.45, 7) is 9.33. The van der Waals surface area contributed by atoms with Crippen molar-refractivity contribution >= 4 is 0 Å². The van der Waals surface area contributed by atoms with Crippen molar-refractivity contribution in [1.82, 2.24) is 4.98 Å². The molecule has 1 N–H and O–H groups in total. The summed E-state index contributed by atoms with van der Waals surface area (Å²) >= 11 is 0. The lowest BCUT2D eigenvalue weighted by Crippen LogP contribution is -2.45. The largest absolute Gasteiger partial charge is 0.258 e. The van der Waals surface area contributed by atoms with E-state index < -0.39 is 0 Å². The van der Waals surface area contributed by atoms with Crippen LogP contribution < -0.4 is 4.57 Å². The molecule has 0 saturated carbocycles. The van der Waals surface area contributed by atoms with E-state index in [0.29, 0.717) is 12.0 Å². The molecule has 160 valence electrons. The van der Waals surface area contributed by atoms with E-state index in [1.54, 1.807) is 0 Å². The summed E-state index contributed by atoms with van der Waals surface area (Å²) < 4.78 is 2.44. The number of hydrogen-bond donors (Lipinski definition) is 1. The summed E-state index contributed by atoms with van der Waals surface area (Å²) in [6.07, 6.45) is 11.7. The van der Waals surface area contributed by atoms with Crippen LogP contribution in [0, 0.1) is 0 Å². The molecule has 0 aliphatic rings. The number of rotatable bonds is 11. The smallest absolute Gasteiger partial charge is 0.247 e. The summed E-state index contributed by atoms with van der Waals surface area (Å²) in [5.74, 6) is 1.79. The standard InChI is InChI=1S/C28H38N2/c1-5-6-7-14-19-26(27-29-20-21-30(27)23(2)3)28(4,25-17-12-9-13-18-25)22-24-15-10-8-11-16-24/h8-13,15-18,20-21,23,26H,5-7,14,19,22H2,1-4H3/p+1. The van der Waals surface area contributed by atoms with Gasteiger partial charge in [-0.05, 0) is 37.8 Å². The van der Waals surface area contributed by atoms with E-state index in [2.05, 4.69) is 110 Å². The minimum absolute atomic E-state index is 0.0102. The van der Waals surface area contributed by atoms with Gasteiger partial charge < -0.3 is 0 Å².